The summed E-state index contributed by atoms with van der Waals surface area (Å²) >= 11 is 0. The number of halogens is 3. The van der Waals surface area contributed by atoms with E-state index in [-0.39, 0.29) is 17.8 Å². The van der Waals surface area contributed by atoms with Gasteiger partial charge in [-0.2, -0.15) is 5.06 Å². The summed E-state index contributed by atoms with van der Waals surface area (Å²) in [5.41, 5.74) is 0.126. The molecule has 3 rings (SSSR count). The predicted molar refractivity (Wildman–Crippen MR) is 153 cm³/mol. The topological polar surface area (TPSA) is 48.0 Å². The standard InChI is InChI=1S/C31H44F3NO4Si/c1-30(2,3)38-29(36)31(4,5)21-40(6,7)39-35-17-8-9-25(35)16-18-37-28-15-13-24(32)20-23(28)12-10-22-11-14-26(33)27(34)19-22/h11,13-15,19-20,25H,8-10,12,16-18,21H2,1-7H3. The lowest BCUT2D eigenvalue weighted by Crippen LogP contribution is -2.47. The van der Waals surface area contributed by atoms with Crippen LogP contribution in [0.5, 0.6) is 5.75 Å². The van der Waals surface area contributed by atoms with Crippen molar-refractivity contribution in [2.24, 2.45) is 5.41 Å². The van der Waals surface area contributed by atoms with E-state index >= 15 is 0 Å². The SMILES string of the molecule is CC(C)(C)OC(=O)C(C)(C)C[Si](C)(C)ON1CCCC1CCOc1ccc(F)cc1CCc1ccc(F)c(F)c1. The molecular weight excluding hydrogens is 535 g/mol. The number of hydrogen-bond acceptors (Lipinski definition) is 5. The monoisotopic (exact) mass is 579 g/mol. The number of carbonyl (C=O) groups excluding carboxylic acids is 1. The van der Waals surface area contributed by atoms with Gasteiger partial charge in [0.25, 0.3) is 0 Å². The lowest BCUT2D eigenvalue weighted by molar-refractivity contribution is -0.165. The van der Waals surface area contributed by atoms with Crippen LogP contribution in [0.4, 0.5) is 13.2 Å². The zero-order valence-electron chi connectivity index (χ0n) is 24.9. The van der Waals surface area contributed by atoms with Gasteiger partial charge < -0.3 is 14.0 Å². The molecule has 0 amide bonds. The molecule has 1 unspecified atom stereocenters. The minimum Gasteiger partial charge on any atom is -0.493 e. The average Bonchev–Trinajstić information content (AvgIpc) is 3.25. The quantitative estimate of drug-likeness (QED) is 0.191. The van der Waals surface area contributed by atoms with Gasteiger partial charge in [0.15, 0.2) is 11.6 Å². The third-order valence-corrected chi connectivity index (χ3v) is 9.37. The Hall–Kier alpha value is -2.36. The third kappa shape index (κ3) is 9.63. The van der Waals surface area contributed by atoms with Gasteiger partial charge in [-0.25, -0.2) is 13.2 Å². The molecule has 1 heterocycles. The Morgan fingerprint density at radius 1 is 1.00 bits per heavy atom. The van der Waals surface area contributed by atoms with Crippen LogP contribution in [-0.2, 0) is 26.9 Å². The van der Waals surface area contributed by atoms with Crippen molar-refractivity contribution < 1.29 is 32.0 Å². The highest BCUT2D eigenvalue weighted by atomic mass is 28.4. The molecule has 2 aromatic rings. The Morgan fingerprint density at radius 3 is 2.40 bits per heavy atom. The summed E-state index contributed by atoms with van der Waals surface area (Å²) in [6, 6.07) is 9.03. The fourth-order valence-corrected chi connectivity index (χ4v) is 8.50. The molecule has 0 N–H and O–H groups in total. The second kappa shape index (κ2) is 13.1. The molecule has 0 aliphatic carbocycles. The molecule has 9 heteroatoms. The number of hydroxylamine groups is 2. The molecule has 1 saturated heterocycles. The fraction of sp³-hybridized carbons (Fsp3) is 0.581. The summed E-state index contributed by atoms with van der Waals surface area (Å²) in [5, 5.41) is 2.06. The third-order valence-electron chi connectivity index (χ3n) is 6.90. The van der Waals surface area contributed by atoms with Crippen LogP contribution in [-0.4, -0.2) is 44.1 Å². The Morgan fingerprint density at radius 2 is 1.73 bits per heavy atom. The smallest absolute Gasteiger partial charge is 0.311 e. The second-order valence-electron chi connectivity index (χ2n) is 13.0. The molecule has 0 aromatic heterocycles. The van der Waals surface area contributed by atoms with E-state index < -0.39 is 31.0 Å². The van der Waals surface area contributed by atoms with Gasteiger partial charge in [-0.15, -0.1) is 0 Å². The molecule has 40 heavy (non-hydrogen) atoms. The molecule has 0 bridgehead atoms. The normalized spacial score (nSPS) is 16.8. The first kappa shape index (κ1) is 32.2. The number of benzene rings is 2. The van der Waals surface area contributed by atoms with Crippen molar-refractivity contribution in [1.82, 2.24) is 5.06 Å². The zero-order chi connectivity index (χ0) is 29.7. The first-order chi connectivity index (χ1) is 18.5. The van der Waals surface area contributed by atoms with E-state index in [4.69, 9.17) is 14.0 Å². The summed E-state index contributed by atoms with van der Waals surface area (Å²) < 4.78 is 59.1. The van der Waals surface area contributed by atoms with Gasteiger partial charge in [0.05, 0.1) is 12.0 Å². The Bertz CT molecular complexity index is 1170. The molecule has 0 radical (unpaired) electrons. The van der Waals surface area contributed by atoms with Crippen molar-refractivity contribution >= 4 is 14.3 Å². The number of ether oxygens (including phenoxy) is 2. The summed E-state index contributed by atoms with van der Waals surface area (Å²) in [7, 11) is -2.26. The van der Waals surface area contributed by atoms with E-state index in [1.54, 1.807) is 6.07 Å². The van der Waals surface area contributed by atoms with Crippen LogP contribution < -0.4 is 4.74 Å². The van der Waals surface area contributed by atoms with Crippen molar-refractivity contribution in [2.45, 2.75) is 97.5 Å². The van der Waals surface area contributed by atoms with Crippen LogP contribution in [0.3, 0.4) is 0 Å². The van der Waals surface area contributed by atoms with Crippen LogP contribution in [0, 0.1) is 22.9 Å². The number of aryl methyl sites for hydroxylation is 2. The maximum Gasteiger partial charge on any atom is 0.311 e. The first-order valence-electron chi connectivity index (χ1n) is 14.1. The van der Waals surface area contributed by atoms with E-state index in [0.29, 0.717) is 42.4 Å². The van der Waals surface area contributed by atoms with Gasteiger partial charge in [-0.3, -0.25) is 4.79 Å². The summed E-state index contributed by atoms with van der Waals surface area (Å²) in [6.45, 7) is 15.0. The molecule has 2 aromatic carbocycles. The minimum absolute atomic E-state index is 0.183. The highest BCUT2D eigenvalue weighted by molar-refractivity contribution is 6.71. The number of esters is 1. The van der Waals surface area contributed by atoms with Gasteiger partial charge in [0.2, 0.25) is 8.32 Å². The number of carbonyl (C=O) groups is 1. The molecule has 1 atom stereocenters. The number of nitrogens with zero attached hydrogens (tertiary/aromatic N) is 1. The average molecular weight is 580 g/mol. The molecule has 1 aliphatic heterocycles. The predicted octanol–water partition coefficient (Wildman–Crippen LogP) is 7.63. The molecule has 1 aliphatic rings. The van der Waals surface area contributed by atoms with Crippen LogP contribution in [0.25, 0.3) is 0 Å². The fourth-order valence-electron chi connectivity index (χ4n) is 5.28. The maximum atomic E-state index is 14.0. The first-order valence-corrected chi connectivity index (χ1v) is 17.2. The lowest BCUT2D eigenvalue weighted by Gasteiger charge is -2.37. The van der Waals surface area contributed by atoms with Crippen molar-refractivity contribution in [3.8, 4) is 5.75 Å². The molecule has 0 saturated carbocycles. The highest BCUT2D eigenvalue weighted by Gasteiger charge is 2.42. The number of rotatable bonds is 12. The van der Waals surface area contributed by atoms with Crippen LogP contribution in [0.15, 0.2) is 36.4 Å². The molecular formula is C31H44F3NO4Si. The minimum atomic E-state index is -2.26. The van der Waals surface area contributed by atoms with E-state index in [9.17, 15) is 18.0 Å². The highest BCUT2D eigenvalue weighted by Crippen LogP contribution is 2.34. The van der Waals surface area contributed by atoms with Gasteiger partial charge in [0, 0.05) is 12.6 Å². The zero-order valence-corrected chi connectivity index (χ0v) is 25.9. The van der Waals surface area contributed by atoms with Crippen LogP contribution >= 0.6 is 0 Å². The summed E-state index contributed by atoms with van der Waals surface area (Å²) in [5.74, 6) is -1.78. The Balaban J connectivity index is 1.56. The van der Waals surface area contributed by atoms with Gasteiger partial charge in [0.1, 0.15) is 17.2 Å². The van der Waals surface area contributed by atoms with E-state index in [0.717, 1.165) is 31.9 Å². The van der Waals surface area contributed by atoms with Gasteiger partial charge in [-0.05, 0) is 127 Å². The Kier molecular flexibility index (Phi) is 10.5. The van der Waals surface area contributed by atoms with Crippen LogP contribution in [0.2, 0.25) is 19.1 Å². The lowest BCUT2D eigenvalue weighted by atomic mass is 9.96. The molecule has 222 valence electrons. The van der Waals surface area contributed by atoms with E-state index in [2.05, 4.69) is 18.2 Å². The summed E-state index contributed by atoms with van der Waals surface area (Å²) in [6.07, 6.45) is 3.60. The van der Waals surface area contributed by atoms with Crippen molar-refractivity contribution in [1.29, 1.82) is 0 Å². The molecule has 5 nitrogen and oxygen atoms in total. The van der Waals surface area contributed by atoms with E-state index in [1.165, 1.54) is 24.3 Å². The van der Waals surface area contributed by atoms with Crippen molar-refractivity contribution in [3.05, 3.63) is 65.0 Å². The van der Waals surface area contributed by atoms with Crippen LogP contribution in [0.1, 0.15) is 65.0 Å². The van der Waals surface area contributed by atoms with E-state index in [1.807, 2.05) is 34.6 Å². The van der Waals surface area contributed by atoms with Gasteiger partial charge >= 0.3 is 5.97 Å². The summed E-state index contributed by atoms with van der Waals surface area (Å²) in [4.78, 5) is 12.8. The van der Waals surface area contributed by atoms with Gasteiger partial charge in [-0.1, -0.05) is 6.07 Å². The van der Waals surface area contributed by atoms with Crippen molar-refractivity contribution in [2.75, 3.05) is 13.2 Å². The number of hydrogen-bond donors (Lipinski definition) is 0. The largest absolute Gasteiger partial charge is 0.493 e. The maximum absolute atomic E-state index is 14.0. The molecule has 1 fully saturated rings. The second-order valence-corrected chi connectivity index (χ2v) is 17.0. The molecule has 0 spiro atoms. The van der Waals surface area contributed by atoms with Crippen molar-refractivity contribution in [3.63, 3.8) is 0 Å². The Labute approximate surface area is 238 Å².